The summed E-state index contributed by atoms with van der Waals surface area (Å²) in [5, 5.41) is 2.27. The predicted molar refractivity (Wildman–Crippen MR) is 80.5 cm³/mol. The van der Waals surface area contributed by atoms with Gasteiger partial charge in [0.25, 0.3) is 5.91 Å². The number of rotatable bonds is 7. The maximum absolute atomic E-state index is 12.1. The molecule has 0 saturated carbocycles. The third-order valence-corrected chi connectivity index (χ3v) is 3.84. The van der Waals surface area contributed by atoms with E-state index in [2.05, 4.69) is 16.3 Å². The molecular formula is C16H22F2N2O2. The molecule has 1 amide bonds. The number of likely N-dealkylation sites (tertiary alicyclic amines) is 1. The Labute approximate surface area is 129 Å². The second kappa shape index (κ2) is 8.68. The summed E-state index contributed by atoms with van der Waals surface area (Å²) < 4.78 is 29.4. The summed E-state index contributed by atoms with van der Waals surface area (Å²) in [6, 6.07) is 3.76. The zero-order valence-corrected chi connectivity index (χ0v) is 12.5. The van der Waals surface area contributed by atoms with Crippen LogP contribution < -0.4 is 5.32 Å². The zero-order valence-electron chi connectivity index (χ0n) is 12.5. The summed E-state index contributed by atoms with van der Waals surface area (Å²) in [7, 11) is 0. The maximum Gasteiger partial charge on any atom is 0.315 e. The van der Waals surface area contributed by atoms with Gasteiger partial charge in [-0.15, -0.1) is 0 Å². The molecule has 1 aliphatic heterocycles. The first kappa shape index (κ1) is 16.7. The number of carbonyl (C=O) groups excluding carboxylic acids is 1. The van der Waals surface area contributed by atoms with Gasteiger partial charge in [0.1, 0.15) is 5.76 Å². The molecule has 1 aliphatic rings. The Kier molecular flexibility index (Phi) is 6.58. The standard InChI is InChI=1S/C16H22F2N2O2/c17-15(18)16(21)19-8-7-13-4-1-9-20(12-13)10-2-5-14-6-3-11-22-14/h2-3,5-6,11,13,15H,1,4,7-10,12H2,(H,19,21)/b5-2+/t13-/m0/s1. The van der Waals surface area contributed by atoms with Crippen molar-refractivity contribution in [3.8, 4) is 0 Å². The van der Waals surface area contributed by atoms with Crippen LogP contribution in [0.3, 0.4) is 0 Å². The number of halogens is 2. The highest BCUT2D eigenvalue weighted by Crippen LogP contribution is 2.19. The molecule has 4 nitrogen and oxygen atoms in total. The maximum atomic E-state index is 12.1. The van der Waals surface area contributed by atoms with Crippen LogP contribution >= 0.6 is 0 Å². The van der Waals surface area contributed by atoms with Crippen molar-refractivity contribution >= 4 is 12.0 Å². The number of carbonyl (C=O) groups is 1. The van der Waals surface area contributed by atoms with Gasteiger partial charge in [0.2, 0.25) is 0 Å². The lowest BCUT2D eigenvalue weighted by molar-refractivity contribution is -0.131. The number of nitrogens with zero attached hydrogens (tertiary/aromatic N) is 1. The third-order valence-electron chi connectivity index (χ3n) is 3.84. The van der Waals surface area contributed by atoms with Gasteiger partial charge in [0, 0.05) is 19.6 Å². The lowest BCUT2D eigenvalue weighted by Crippen LogP contribution is -2.38. The minimum absolute atomic E-state index is 0.323. The molecular weight excluding hydrogens is 290 g/mol. The molecule has 0 spiro atoms. The molecule has 1 saturated heterocycles. The van der Waals surface area contributed by atoms with Crippen molar-refractivity contribution in [1.82, 2.24) is 10.2 Å². The van der Waals surface area contributed by atoms with Crippen LogP contribution in [0.4, 0.5) is 8.78 Å². The van der Waals surface area contributed by atoms with E-state index in [-0.39, 0.29) is 0 Å². The predicted octanol–water partition coefficient (Wildman–Crippen LogP) is 2.78. The van der Waals surface area contributed by atoms with Crippen LogP contribution in [0.5, 0.6) is 0 Å². The Bertz CT molecular complexity index is 475. The van der Waals surface area contributed by atoms with Gasteiger partial charge in [-0.2, -0.15) is 8.78 Å². The van der Waals surface area contributed by atoms with Crippen molar-refractivity contribution in [3.05, 3.63) is 30.2 Å². The van der Waals surface area contributed by atoms with E-state index in [9.17, 15) is 13.6 Å². The number of piperidine rings is 1. The van der Waals surface area contributed by atoms with Crippen molar-refractivity contribution in [2.24, 2.45) is 5.92 Å². The van der Waals surface area contributed by atoms with Gasteiger partial charge in [0.05, 0.1) is 6.26 Å². The third kappa shape index (κ3) is 5.60. The van der Waals surface area contributed by atoms with Crippen molar-refractivity contribution in [3.63, 3.8) is 0 Å². The van der Waals surface area contributed by atoms with Gasteiger partial charge in [-0.25, -0.2) is 0 Å². The zero-order chi connectivity index (χ0) is 15.8. The van der Waals surface area contributed by atoms with E-state index in [4.69, 9.17) is 4.42 Å². The van der Waals surface area contributed by atoms with E-state index in [0.29, 0.717) is 12.5 Å². The van der Waals surface area contributed by atoms with Crippen molar-refractivity contribution in [2.45, 2.75) is 25.7 Å². The summed E-state index contributed by atoms with van der Waals surface area (Å²) in [5.74, 6) is 0.112. The Morgan fingerprint density at radius 2 is 2.41 bits per heavy atom. The van der Waals surface area contributed by atoms with Crippen LogP contribution in [0.1, 0.15) is 25.0 Å². The van der Waals surface area contributed by atoms with Gasteiger partial charge in [0.15, 0.2) is 0 Å². The SMILES string of the molecule is O=C(NCC[C@@H]1CCCN(C/C=C/c2ccco2)C1)C(F)F. The van der Waals surface area contributed by atoms with E-state index in [1.54, 1.807) is 6.26 Å². The Morgan fingerprint density at radius 3 is 3.14 bits per heavy atom. The summed E-state index contributed by atoms with van der Waals surface area (Å²) in [4.78, 5) is 13.1. The van der Waals surface area contributed by atoms with Gasteiger partial charge in [-0.3, -0.25) is 9.69 Å². The van der Waals surface area contributed by atoms with Gasteiger partial charge < -0.3 is 9.73 Å². The average Bonchev–Trinajstić information content (AvgIpc) is 3.01. The lowest BCUT2D eigenvalue weighted by atomic mass is 9.95. The first-order valence-electron chi connectivity index (χ1n) is 7.63. The highest BCUT2D eigenvalue weighted by atomic mass is 19.3. The van der Waals surface area contributed by atoms with Crippen molar-refractivity contribution in [2.75, 3.05) is 26.2 Å². The minimum Gasteiger partial charge on any atom is -0.465 e. The summed E-state index contributed by atoms with van der Waals surface area (Å²) in [5.41, 5.74) is 0. The molecule has 0 unspecified atom stereocenters. The van der Waals surface area contributed by atoms with Crippen LogP contribution in [-0.4, -0.2) is 43.4 Å². The topological polar surface area (TPSA) is 45.5 Å². The number of hydrogen-bond donors (Lipinski definition) is 1. The molecule has 0 aliphatic carbocycles. The number of amides is 1. The molecule has 6 heteroatoms. The fraction of sp³-hybridized carbons (Fsp3) is 0.562. The first-order valence-corrected chi connectivity index (χ1v) is 7.63. The Morgan fingerprint density at radius 1 is 1.55 bits per heavy atom. The fourth-order valence-corrected chi connectivity index (χ4v) is 2.73. The van der Waals surface area contributed by atoms with Crippen LogP contribution in [0.15, 0.2) is 28.9 Å². The number of furan rings is 1. The molecule has 122 valence electrons. The largest absolute Gasteiger partial charge is 0.465 e. The highest BCUT2D eigenvalue weighted by Gasteiger charge is 2.20. The van der Waals surface area contributed by atoms with Crippen LogP contribution in [0.25, 0.3) is 6.08 Å². The summed E-state index contributed by atoms with van der Waals surface area (Å²) in [6.07, 6.45) is 5.67. The van der Waals surface area contributed by atoms with E-state index in [1.807, 2.05) is 18.2 Å². The van der Waals surface area contributed by atoms with Crippen LogP contribution in [-0.2, 0) is 4.79 Å². The number of alkyl halides is 2. The minimum atomic E-state index is -2.92. The molecule has 1 aromatic heterocycles. The van der Waals surface area contributed by atoms with Crippen molar-refractivity contribution in [1.29, 1.82) is 0 Å². The first-order chi connectivity index (χ1) is 10.6. The van der Waals surface area contributed by atoms with Gasteiger partial charge in [-0.05, 0) is 49.9 Å². The van der Waals surface area contributed by atoms with Crippen molar-refractivity contribution < 1.29 is 18.0 Å². The Hall–Kier alpha value is -1.69. The van der Waals surface area contributed by atoms with E-state index in [1.165, 1.54) is 0 Å². The molecule has 0 bridgehead atoms. The average molecular weight is 312 g/mol. The quantitative estimate of drug-likeness (QED) is 0.842. The normalized spacial score (nSPS) is 19.9. The molecule has 1 fully saturated rings. The van der Waals surface area contributed by atoms with E-state index >= 15 is 0 Å². The number of nitrogens with one attached hydrogen (secondary N) is 1. The fourth-order valence-electron chi connectivity index (χ4n) is 2.73. The number of hydrogen-bond acceptors (Lipinski definition) is 3. The molecule has 0 radical (unpaired) electrons. The smallest absolute Gasteiger partial charge is 0.315 e. The molecule has 2 heterocycles. The Balaban J connectivity index is 1.67. The molecule has 1 aromatic rings. The molecule has 22 heavy (non-hydrogen) atoms. The van der Waals surface area contributed by atoms with Crippen LogP contribution in [0.2, 0.25) is 0 Å². The molecule has 2 rings (SSSR count). The second-order valence-corrected chi connectivity index (χ2v) is 5.57. The molecule has 0 aromatic carbocycles. The van der Waals surface area contributed by atoms with Crippen LogP contribution in [0, 0.1) is 5.92 Å². The molecule has 1 atom stereocenters. The molecule has 1 N–H and O–H groups in total. The summed E-state index contributed by atoms with van der Waals surface area (Å²) >= 11 is 0. The van der Waals surface area contributed by atoms with E-state index < -0.39 is 12.3 Å². The summed E-state index contributed by atoms with van der Waals surface area (Å²) in [6.45, 7) is 3.15. The second-order valence-electron chi connectivity index (χ2n) is 5.57. The van der Waals surface area contributed by atoms with Gasteiger partial charge >= 0.3 is 6.43 Å². The monoisotopic (exact) mass is 312 g/mol. The highest BCUT2D eigenvalue weighted by molar-refractivity contribution is 5.78. The van der Waals surface area contributed by atoms with Gasteiger partial charge in [-0.1, -0.05) is 6.08 Å². The van der Waals surface area contributed by atoms with E-state index in [0.717, 1.165) is 44.7 Å². The lowest BCUT2D eigenvalue weighted by Gasteiger charge is -2.32.